The van der Waals surface area contributed by atoms with Gasteiger partial charge < -0.3 is 9.88 Å². The summed E-state index contributed by atoms with van der Waals surface area (Å²) in [5.74, 6) is -0.340. The number of nitrogens with zero attached hydrogens (tertiary/aromatic N) is 4. The van der Waals surface area contributed by atoms with E-state index in [1.807, 2.05) is 43.5 Å². The van der Waals surface area contributed by atoms with E-state index in [0.29, 0.717) is 16.5 Å². The smallest absolute Gasteiger partial charge is 0.250 e. The van der Waals surface area contributed by atoms with Crippen molar-refractivity contribution in [2.75, 3.05) is 10.2 Å². The van der Waals surface area contributed by atoms with Gasteiger partial charge in [-0.25, -0.2) is 0 Å². The van der Waals surface area contributed by atoms with Crippen LogP contribution in [0.25, 0.3) is 0 Å². The maximum Gasteiger partial charge on any atom is 0.250 e. The van der Waals surface area contributed by atoms with E-state index in [4.69, 9.17) is 0 Å². The summed E-state index contributed by atoms with van der Waals surface area (Å²) in [5.41, 5.74) is 0.374. The van der Waals surface area contributed by atoms with Gasteiger partial charge in [-0.2, -0.15) is 0 Å². The molecule has 0 radical (unpaired) electrons. The summed E-state index contributed by atoms with van der Waals surface area (Å²) in [4.78, 5) is 27.4. The summed E-state index contributed by atoms with van der Waals surface area (Å²) in [6, 6.07) is 7.55. The van der Waals surface area contributed by atoms with Crippen molar-refractivity contribution in [2.24, 2.45) is 0 Å². The van der Waals surface area contributed by atoms with Crippen molar-refractivity contribution in [3.05, 3.63) is 30.6 Å². The van der Waals surface area contributed by atoms with Crippen LogP contribution in [0, 0.1) is 0 Å². The predicted octanol–water partition coefficient (Wildman–Crippen LogP) is 3.10. The summed E-state index contributed by atoms with van der Waals surface area (Å²) in [6.45, 7) is 9.41. The van der Waals surface area contributed by atoms with Crippen LogP contribution in [0.5, 0.6) is 0 Å². The normalized spacial score (nSPS) is 17.0. The second-order valence-corrected chi connectivity index (χ2v) is 8.39. The molecule has 8 heteroatoms. The minimum atomic E-state index is -0.980. The van der Waals surface area contributed by atoms with Gasteiger partial charge in [-0.15, -0.1) is 10.2 Å². The molecular formula is C18H23N5O2S. The number of para-hydroxylation sites is 2. The van der Waals surface area contributed by atoms with Gasteiger partial charge in [-0.1, -0.05) is 23.9 Å². The first kappa shape index (κ1) is 18.4. The minimum Gasteiger partial charge on any atom is -0.322 e. The molecule has 1 aliphatic heterocycles. The van der Waals surface area contributed by atoms with E-state index < -0.39 is 10.8 Å². The second kappa shape index (κ2) is 6.75. The fourth-order valence-corrected chi connectivity index (χ4v) is 3.90. The van der Waals surface area contributed by atoms with Crippen molar-refractivity contribution < 1.29 is 9.59 Å². The molecule has 2 aromatic rings. The lowest BCUT2D eigenvalue weighted by atomic mass is 9.96. The molecule has 0 saturated heterocycles. The van der Waals surface area contributed by atoms with Gasteiger partial charge in [0.15, 0.2) is 5.16 Å². The molecule has 138 valence electrons. The Bertz CT molecular complexity index is 846. The van der Waals surface area contributed by atoms with Crippen LogP contribution in [0.1, 0.15) is 40.7 Å². The van der Waals surface area contributed by atoms with E-state index in [1.165, 1.54) is 11.8 Å². The number of benzene rings is 1. The van der Waals surface area contributed by atoms with Crippen LogP contribution in [0.4, 0.5) is 11.4 Å². The number of fused-ring (bicyclic) bond motifs is 1. The van der Waals surface area contributed by atoms with Crippen LogP contribution < -0.4 is 10.2 Å². The molecule has 0 saturated carbocycles. The number of nitrogens with one attached hydrogen (secondary N) is 1. The highest BCUT2D eigenvalue weighted by Crippen LogP contribution is 2.38. The van der Waals surface area contributed by atoms with Gasteiger partial charge in [0.05, 0.1) is 16.6 Å². The number of hydrogen-bond acceptors (Lipinski definition) is 5. The summed E-state index contributed by atoms with van der Waals surface area (Å²) >= 11 is 1.35. The Hall–Kier alpha value is -2.35. The highest BCUT2D eigenvalue weighted by atomic mass is 32.2. The molecule has 0 fully saturated rings. The van der Waals surface area contributed by atoms with Gasteiger partial charge >= 0.3 is 0 Å². The average Bonchev–Trinajstić information content (AvgIpc) is 3.03. The molecular weight excluding hydrogens is 350 g/mol. The Kier molecular flexibility index (Phi) is 4.79. The second-order valence-electron chi connectivity index (χ2n) is 7.08. The average molecular weight is 373 g/mol. The molecule has 1 atom stereocenters. The molecule has 0 bridgehead atoms. The standard InChI is InChI=1S/C18H23N5O2S/c1-11(2)22-10-19-21-17(22)26-12(3)15(24)23-14-9-7-6-8-13(14)20-16(25)18(23,4)5/h6-12H,1-5H3,(H,20,25)/t12-/m1/s1. The van der Waals surface area contributed by atoms with Crippen LogP contribution >= 0.6 is 11.8 Å². The Morgan fingerprint density at radius 2 is 1.92 bits per heavy atom. The molecule has 0 spiro atoms. The van der Waals surface area contributed by atoms with Crippen LogP contribution in [-0.2, 0) is 9.59 Å². The first-order valence-electron chi connectivity index (χ1n) is 8.54. The zero-order valence-electron chi connectivity index (χ0n) is 15.6. The Labute approximate surface area is 157 Å². The van der Waals surface area contributed by atoms with Crippen LogP contribution in [0.2, 0.25) is 0 Å². The van der Waals surface area contributed by atoms with E-state index >= 15 is 0 Å². The number of amides is 2. The van der Waals surface area contributed by atoms with E-state index in [2.05, 4.69) is 15.5 Å². The van der Waals surface area contributed by atoms with Crippen molar-refractivity contribution in [3.63, 3.8) is 0 Å². The zero-order valence-corrected chi connectivity index (χ0v) is 16.4. The van der Waals surface area contributed by atoms with Crippen LogP contribution in [0.3, 0.4) is 0 Å². The third kappa shape index (κ3) is 3.09. The van der Waals surface area contributed by atoms with E-state index in [-0.39, 0.29) is 17.9 Å². The fourth-order valence-electron chi connectivity index (χ4n) is 2.91. The number of anilines is 2. The van der Waals surface area contributed by atoms with Gasteiger partial charge in [0.1, 0.15) is 11.9 Å². The monoisotopic (exact) mass is 373 g/mol. The number of aromatic nitrogens is 3. The Morgan fingerprint density at radius 3 is 2.62 bits per heavy atom. The quantitative estimate of drug-likeness (QED) is 0.833. The predicted molar refractivity (Wildman–Crippen MR) is 102 cm³/mol. The lowest BCUT2D eigenvalue weighted by Crippen LogP contribution is -2.60. The lowest BCUT2D eigenvalue weighted by molar-refractivity contribution is -0.126. The molecule has 26 heavy (non-hydrogen) atoms. The molecule has 2 amide bonds. The minimum absolute atomic E-state index is 0.138. The van der Waals surface area contributed by atoms with Gasteiger partial charge in [-0.05, 0) is 46.8 Å². The third-order valence-corrected chi connectivity index (χ3v) is 5.51. The Morgan fingerprint density at radius 1 is 1.23 bits per heavy atom. The van der Waals surface area contributed by atoms with Crippen LogP contribution in [-0.4, -0.2) is 37.4 Å². The van der Waals surface area contributed by atoms with Gasteiger partial charge in [0.25, 0.3) is 0 Å². The maximum atomic E-state index is 13.3. The van der Waals surface area contributed by atoms with E-state index in [1.54, 1.807) is 31.1 Å². The van der Waals surface area contributed by atoms with Crippen LogP contribution in [0.15, 0.2) is 35.7 Å². The van der Waals surface area contributed by atoms with Crippen molar-refractivity contribution in [2.45, 2.75) is 56.6 Å². The number of carbonyl (C=O) groups excluding carboxylic acids is 2. The van der Waals surface area contributed by atoms with E-state index in [0.717, 1.165) is 0 Å². The highest BCUT2D eigenvalue weighted by molar-refractivity contribution is 8.00. The maximum absolute atomic E-state index is 13.3. The molecule has 1 aromatic carbocycles. The largest absolute Gasteiger partial charge is 0.322 e. The topological polar surface area (TPSA) is 80.1 Å². The highest BCUT2D eigenvalue weighted by Gasteiger charge is 2.44. The van der Waals surface area contributed by atoms with Crippen molar-refractivity contribution in [1.29, 1.82) is 0 Å². The molecule has 3 rings (SSSR count). The molecule has 2 heterocycles. The number of thioether (sulfide) groups is 1. The lowest BCUT2D eigenvalue weighted by Gasteiger charge is -2.43. The van der Waals surface area contributed by atoms with Crippen molar-refractivity contribution in [3.8, 4) is 0 Å². The number of carbonyl (C=O) groups is 2. The summed E-state index contributed by atoms with van der Waals surface area (Å²) in [5, 5.41) is 11.2. The summed E-state index contributed by atoms with van der Waals surface area (Å²) < 4.78 is 1.93. The molecule has 1 aromatic heterocycles. The van der Waals surface area contributed by atoms with Crippen molar-refractivity contribution >= 4 is 35.0 Å². The van der Waals surface area contributed by atoms with Gasteiger partial charge in [-0.3, -0.25) is 14.5 Å². The first-order valence-corrected chi connectivity index (χ1v) is 9.42. The van der Waals surface area contributed by atoms with Gasteiger partial charge in [0.2, 0.25) is 11.8 Å². The van der Waals surface area contributed by atoms with Crippen molar-refractivity contribution in [1.82, 2.24) is 14.8 Å². The molecule has 0 aliphatic carbocycles. The van der Waals surface area contributed by atoms with E-state index in [9.17, 15) is 9.59 Å². The summed E-state index contributed by atoms with van der Waals surface area (Å²) in [7, 11) is 0. The fraction of sp³-hybridized carbons (Fsp3) is 0.444. The third-order valence-electron chi connectivity index (χ3n) is 4.45. The number of hydrogen-bond donors (Lipinski definition) is 1. The Balaban J connectivity index is 1.92. The first-order chi connectivity index (χ1) is 12.2. The zero-order chi connectivity index (χ0) is 19.1. The number of rotatable bonds is 4. The molecule has 1 aliphatic rings. The molecule has 1 N–H and O–H groups in total. The molecule has 0 unspecified atom stereocenters. The SMILES string of the molecule is CC(C)n1cnnc1S[C@H](C)C(=O)N1c2ccccc2NC(=O)C1(C)C. The summed E-state index contributed by atoms with van der Waals surface area (Å²) in [6.07, 6.45) is 1.66. The van der Waals surface area contributed by atoms with Gasteiger partial charge in [0, 0.05) is 6.04 Å². The molecule has 7 nitrogen and oxygen atoms in total.